The van der Waals surface area contributed by atoms with Crippen LogP contribution in [0.3, 0.4) is 0 Å². The number of carbonyl (C=O) groups excluding carboxylic acids is 1. The highest BCUT2D eigenvalue weighted by Gasteiger charge is 2.24. The molecule has 0 saturated heterocycles. The van der Waals surface area contributed by atoms with E-state index in [0.717, 1.165) is 11.1 Å². The molecule has 5 rings (SSSR count). The van der Waals surface area contributed by atoms with Gasteiger partial charge in [-0.05, 0) is 36.8 Å². The first-order chi connectivity index (χ1) is 16.4. The summed E-state index contributed by atoms with van der Waals surface area (Å²) in [7, 11) is 0. The van der Waals surface area contributed by atoms with E-state index in [-0.39, 0.29) is 29.2 Å². The number of hydrogen-bond donors (Lipinski definition) is 1. The van der Waals surface area contributed by atoms with E-state index in [0.29, 0.717) is 11.3 Å². The number of rotatable bonds is 5. The van der Waals surface area contributed by atoms with Crippen molar-refractivity contribution in [3.8, 4) is 17.1 Å². The van der Waals surface area contributed by atoms with Crippen LogP contribution in [0.15, 0.2) is 83.7 Å². The van der Waals surface area contributed by atoms with Crippen LogP contribution in [0.4, 0.5) is 4.39 Å². The maximum absolute atomic E-state index is 13.7. The van der Waals surface area contributed by atoms with Gasteiger partial charge in [0.05, 0.1) is 12.2 Å². The second-order valence-corrected chi connectivity index (χ2v) is 7.96. The van der Waals surface area contributed by atoms with E-state index in [2.05, 4.69) is 9.97 Å². The molecule has 0 radical (unpaired) electrons. The summed E-state index contributed by atoms with van der Waals surface area (Å²) >= 11 is 0. The average Bonchev–Trinajstić information content (AvgIpc) is 3.11. The Kier molecular flexibility index (Phi) is 5.25. The second kappa shape index (κ2) is 8.40. The number of primary amides is 1. The lowest BCUT2D eigenvalue weighted by Gasteiger charge is -2.08. The third-order valence-corrected chi connectivity index (χ3v) is 5.58. The maximum atomic E-state index is 13.7. The monoisotopic (exact) mass is 453 g/mol. The summed E-state index contributed by atoms with van der Waals surface area (Å²) in [6.07, 6.45) is 0. The molecule has 34 heavy (non-hydrogen) atoms. The highest BCUT2D eigenvalue weighted by atomic mass is 19.1. The van der Waals surface area contributed by atoms with Gasteiger partial charge in [0, 0.05) is 5.56 Å². The van der Waals surface area contributed by atoms with Crippen molar-refractivity contribution in [2.24, 2.45) is 5.73 Å². The molecule has 0 saturated carbocycles. The van der Waals surface area contributed by atoms with Gasteiger partial charge >= 0.3 is 5.69 Å². The fourth-order valence-corrected chi connectivity index (χ4v) is 3.89. The summed E-state index contributed by atoms with van der Waals surface area (Å²) < 4.78 is 16.4. The lowest BCUT2D eigenvalue weighted by atomic mass is 10.1. The minimum Gasteiger partial charge on any atom is -0.364 e. The standard InChI is InChI=1S/C26H20FN5O2/c1-16-7-9-18(10-8-16)24-29-21(23(28)33)22-25(30-24)32(20-13-11-19(27)12-14-20)26(34)31(22)15-17-5-3-2-4-6-17/h2-14H,15H2,1H3,(H2,28,33). The van der Waals surface area contributed by atoms with Gasteiger partial charge in [0.1, 0.15) is 11.3 Å². The van der Waals surface area contributed by atoms with Gasteiger partial charge in [-0.25, -0.2) is 23.7 Å². The Morgan fingerprint density at radius 3 is 2.26 bits per heavy atom. The van der Waals surface area contributed by atoms with Gasteiger partial charge in [0.2, 0.25) is 0 Å². The summed E-state index contributed by atoms with van der Waals surface area (Å²) in [5.41, 5.74) is 8.64. The molecular weight excluding hydrogens is 433 g/mol. The fourth-order valence-electron chi connectivity index (χ4n) is 3.89. The van der Waals surface area contributed by atoms with E-state index < -0.39 is 17.4 Å². The molecule has 168 valence electrons. The molecular formula is C26H20FN5O2. The minimum absolute atomic E-state index is 0.0607. The van der Waals surface area contributed by atoms with Gasteiger partial charge in [0.15, 0.2) is 17.2 Å². The van der Waals surface area contributed by atoms with Crippen molar-refractivity contribution < 1.29 is 9.18 Å². The highest BCUT2D eigenvalue weighted by Crippen LogP contribution is 2.24. The van der Waals surface area contributed by atoms with Crippen molar-refractivity contribution in [2.45, 2.75) is 13.5 Å². The Labute approximate surface area is 193 Å². The molecule has 0 aliphatic heterocycles. The van der Waals surface area contributed by atoms with Crippen LogP contribution in [0, 0.1) is 12.7 Å². The van der Waals surface area contributed by atoms with E-state index >= 15 is 0 Å². The molecule has 5 aromatic rings. The number of aromatic nitrogens is 4. The Morgan fingerprint density at radius 1 is 0.941 bits per heavy atom. The number of amides is 1. The largest absolute Gasteiger partial charge is 0.364 e. The fraction of sp³-hybridized carbons (Fsp3) is 0.0769. The van der Waals surface area contributed by atoms with Crippen LogP contribution in [0.2, 0.25) is 0 Å². The molecule has 7 nitrogen and oxygen atoms in total. The summed E-state index contributed by atoms with van der Waals surface area (Å²) in [5, 5.41) is 0. The molecule has 0 bridgehead atoms. The SMILES string of the molecule is Cc1ccc(-c2nc(C(N)=O)c3c(n2)n(-c2ccc(F)cc2)c(=O)n3Cc2ccccc2)cc1. The summed E-state index contributed by atoms with van der Waals surface area (Å²) in [6, 6.07) is 22.3. The van der Waals surface area contributed by atoms with Crippen LogP contribution in [0.5, 0.6) is 0 Å². The Hall–Kier alpha value is -4.59. The summed E-state index contributed by atoms with van der Waals surface area (Å²) in [5.74, 6) is -0.953. The molecule has 0 aliphatic rings. The lowest BCUT2D eigenvalue weighted by molar-refractivity contribution is 0.0997. The molecule has 0 unspecified atom stereocenters. The van der Waals surface area contributed by atoms with Gasteiger partial charge in [-0.1, -0.05) is 60.2 Å². The molecule has 0 atom stereocenters. The smallest absolute Gasteiger partial charge is 0.335 e. The number of nitrogens with two attached hydrogens (primary N) is 1. The van der Waals surface area contributed by atoms with Crippen LogP contribution >= 0.6 is 0 Å². The topological polar surface area (TPSA) is 95.8 Å². The normalized spacial score (nSPS) is 11.1. The van der Waals surface area contributed by atoms with E-state index in [4.69, 9.17) is 5.73 Å². The maximum Gasteiger partial charge on any atom is 0.335 e. The van der Waals surface area contributed by atoms with Crippen molar-refractivity contribution in [1.82, 2.24) is 19.1 Å². The molecule has 0 fully saturated rings. The third kappa shape index (κ3) is 3.75. The molecule has 2 N–H and O–H groups in total. The van der Waals surface area contributed by atoms with Crippen LogP contribution in [0.1, 0.15) is 21.6 Å². The molecule has 2 aromatic heterocycles. The predicted molar refractivity (Wildman–Crippen MR) is 127 cm³/mol. The van der Waals surface area contributed by atoms with Crippen molar-refractivity contribution in [3.05, 3.63) is 112 Å². The van der Waals surface area contributed by atoms with Crippen molar-refractivity contribution in [3.63, 3.8) is 0 Å². The summed E-state index contributed by atoms with van der Waals surface area (Å²) in [6.45, 7) is 2.14. The number of halogens is 1. The molecule has 3 aromatic carbocycles. The molecule has 0 spiro atoms. The quantitative estimate of drug-likeness (QED) is 0.437. The van der Waals surface area contributed by atoms with Crippen LogP contribution in [-0.2, 0) is 6.54 Å². The summed E-state index contributed by atoms with van der Waals surface area (Å²) in [4.78, 5) is 35.3. The minimum atomic E-state index is -0.779. The van der Waals surface area contributed by atoms with Crippen molar-refractivity contribution in [2.75, 3.05) is 0 Å². The third-order valence-electron chi connectivity index (χ3n) is 5.58. The Morgan fingerprint density at radius 2 is 1.62 bits per heavy atom. The van der Waals surface area contributed by atoms with E-state index in [9.17, 15) is 14.0 Å². The van der Waals surface area contributed by atoms with Gasteiger partial charge in [-0.3, -0.25) is 9.36 Å². The van der Waals surface area contributed by atoms with Crippen molar-refractivity contribution >= 4 is 17.1 Å². The van der Waals surface area contributed by atoms with Crippen LogP contribution in [-0.4, -0.2) is 25.0 Å². The van der Waals surface area contributed by atoms with Crippen LogP contribution < -0.4 is 11.4 Å². The molecule has 2 heterocycles. The first kappa shape index (κ1) is 21.3. The van der Waals surface area contributed by atoms with E-state index in [1.807, 2.05) is 61.5 Å². The number of fused-ring (bicyclic) bond motifs is 1. The number of benzene rings is 3. The van der Waals surface area contributed by atoms with E-state index in [1.165, 1.54) is 33.4 Å². The highest BCUT2D eigenvalue weighted by molar-refractivity contribution is 6.02. The van der Waals surface area contributed by atoms with E-state index in [1.54, 1.807) is 0 Å². The number of carbonyl (C=O) groups is 1. The zero-order valence-corrected chi connectivity index (χ0v) is 18.3. The van der Waals surface area contributed by atoms with Gasteiger partial charge in [-0.2, -0.15) is 0 Å². The van der Waals surface area contributed by atoms with Crippen molar-refractivity contribution in [1.29, 1.82) is 0 Å². The lowest BCUT2D eigenvalue weighted by Crippen LogP contribution is -2.24. The Balaban J connectivity index is 1.85. The first-order valence-electron chi connectivity index (χ1n) is 10.6. The second-order valence-electron chi connectivity index (χ2n) is 7.96. The van der Waals surface area contributed by atoms with Crippen LogP contribution in [0.25, 0.3) is 28.2 Å². The molecule has 8 heteroatoms. The zero-order chi connectivity index (χ0) is 23.8. The zero-order valence-electron chi connectivity index (χ0n) is 18.3. The first-order valence-corrected chi connectivity index (χ1v) is 10.6. The molecule has 1 amide bonds. The number of imidazole rings is 1. The van der Waals surface area contributed by atoms with Gasteiger partial charge < -0.3 is 5.73 Å². The Bertz CT molecular complexity index is 1570. The molecule has 0 aliphatic carbocycles. The predicted octanol–water partition coefficient (Wildman–Crippen LogP) is 3.84. The number of hydrogen-bond acceptors (Lipinski definition) is 4. The van der Waals surface area contributed by atoms with Gasteiger partial charge in [-0.15, -0.1) is 0 Å². The van der Waals surface area contributed by atoms with Gasteiger partial charge in [0.25, 0.3) is 5.91 Å². The average molecular weight is 453 g/mol. The number of nitrogens with zero attached hydrogens (tertiary/aromatic N) is 4. The number of aryl methyl sites for hydroxylation is 1.